The maximum Gasteiger partial charge on any atom is 0.329 e. The topological polar surface area (TPSA) is 119 Å². The SMILES string of the molecule is CCc1ccc(NC(=O)C(=O)N/N=C\c2ccc(OCC(=O)N3CCOCC3)c(OC)c2)cc1. The van der Waals surface area contributed by atoms with Crippen LogP contribution in [0.5, 0.6) is 11.5 Å². The number of hydrogen-bond donors (Lipinski definition) is 2. The van der Waals surface area contributed by atoms with Gasteiger partial charge in [-0.25, -0.2) is 5.43 Å². The summed E-state index contributed by atoms with van der Waals surface area (Å²) >= 11 is 0. The fourth-order valence-corrected chi connectivity index (χ4v) is 3.16. The summed E-state index contributed by atoms with van der Waals surface area (Å²) in [6, 6.07) is 12.2. The van der Waals surface area contributed by atoms with Crippen LogP contribution in [0, 0.1) is 0 Å². The van der Waals surface area contributed by atoms with E-state index in [-0.39, 0.29) is 12.5 Å². The Bertz CT molecular complexity index is 1030. The molecule has 2 aromatic carbocycles. The van der Waals surface area contributed by atoms with E-state index in [0.29, 0.717) is 49.1 Å². The monoisotopic (exact) mass is 468 g/mol. The van der Waals surface area contributed by atoms with E-state index in [9.17, 15) is 14.4 Å². The number of amides is 3. The van der Waals surface area contributed by atoms with Crippen LogP contribution in [-0.4, -0.2) is 68.9 Å². The van der Waals surface area contributed by atoms with Gasteiger partial charge in [0, 0.05) is 18.8 Å². The summed E-state index contributed by atoms with van der Waals surface area (Å²) in [5.74, 6) is -1.05. The molecule has 1 fully saturated rings. The Labute approximate surface area is 197 Å². The molecule has 34 heavy (non-hydrogen) atoms. The predicted octanol–water partition coefficient (Wildman–Crippen LogP) is 1.58. The van der Waals surface area contributed by atoms with Crippen LogP contribution in [-0.2, 0) is 25.5 Å². The minimum absolute atomic E-state index is 0.115. The molecule has 0 unspecified atom stereocenters. The Morgan fingerprint density at radius 3 is 2.47 bits per heavy atom. The Kier molecular flexibility index (Phi) is 8.98. The van der Waals surface area contributed by atoms with Gasteiger partial charge in [-0.15, -0.1) is 0 Å². The number of rotatable bonds is 8. The molecule has 0 bridgehead atoms. The molecule has 1 saturated heterocycles. The van der Waals surface area contributed by atoms with Crippen molar-refractivity contribution in [2.24, 2.45) is 5.10 Å². The number of methoxy groups -OCH3 is 1. The average Bonchev–Trinajstić information content (AvgIpc) is 2.88. The molecule has 3 rings (SSSR count). The molecule has 0 spiro atoms. The van der Waals surface area contributed by atoms with Crippen molar-refractivity contribution in [2.75, 3.05) is 45.3 Å². The van der Waals surface area contributed by atoms with Gasteiger partial charge >= 0.3 is 11.8 Å². The van der Waals surface area contributed by atoms with Gasteiger partial charge in [0.15, 0.2) is 18.1 Å². The Balaban J connectivity index is 1.51. The maximum atomic E-state index is 12.3. The first-order chi connectivity index (χ1) is 16.5. The van der Waals surface area contributed by atoms with Crippen molar-refractivity contribution in [3.05, 3.63) is 53.6 Å². The van der Waals surface area contributed by atoms with Crippen LogP contribution in [0.3, 0.4) is 0 Å². The molecular weight excluding hydrogens is 440 g/mol. The zero-order chi connectivity index (χ0) is 24.3. The van der Waals surface area contributed by atoms with Crippen LogP contribution in [0.1, 0.15) is 18.1 Å². The van der Waals surface area contributed by atoms with Crippen molar-refractivity contribution < 1.29 is 28.6 Å². The van der Waals surface area contributed by atoms with Crippen molar-refractivity contribution in [1.82, 2.24) is 10.3 Å². The van der Waals surface area contributed by atoms with E-state index >= 15 is 0 Å². The van der Waals surface area contributed by atoms with E-state index in [4.69, 9.17) is 14.2 Å². The minimum Gasteiger partial charge on any atom is -0.493 e. The smallest absolute Gasteiger partial charge is 0.329 e. The van der Waals surface area contributed by atoms with Gasteiger partial charge in [0.05, 0.1) is 26.5 Å². The van der Waals surface area contributed by atoms with E-state index in [1.165, 1.54) is 13.3 Å². The van der Waals surface area contributed by atoms with E-state index in [1.807, 2.05) is 19.1 Å². The first-order valence-corrected chi connectivity index (χ1v) is 10.9. The first kappa shape index (κ1) is 24.7. The number of nitrogens with zero attached hydrogens (tertiary/aromatic N) is 2. The van der Waals surface area contributed by atoms with Crippen molar-refractivity contribution in [1.29, 1.82) is 0 Å². The zero-order valence-corrected chi connectivity index (χ0v) is 19.2. The number of nitrogens with one attached hydrogen (secondary N) is 2. The molecule has 180 valence electrons. The van der Waals surface area contributed by atoms with Gasteiger partial charge in [0.1, 0.15) is 0 Å². The Hall–Kier alpha value is -3.92. The second-order valence-electron chi connectivity index (χ2n) is 7.40. The van der Waals surface area contributed by atoms with Crippen LogP contribution in [0.25, 0.3) is 0 Å². The second kappa shape index (κ2) is 12.4. The van der Waals surface area contributed by atoms with Gasteiger partial charge in [0.25, 0.3) is 5.91 Å². The summed E-state index contributed by atoms with van der Waals surface area (Å²) in [5.41, 5.74) is 4.43. The maximum absolute atomic E-state index is 12.3. The van der Waals surface area contributed by atoms with Crippen molar-refractivity contribution in [2.45, 2.75) is 13.3 Å². The summed E-state index contributed by atoms with van der Waals surface area (Å²) < 4.78 is 16.2. The van der Waals surface area contributed by atoms with Gasteiger partial charge in [-0.05, 0) is 47.9 Å². The van der Waals surface area contributed by atoms with Gasteiger partial charge in [-0.3, -0.25) is 14.4 Å². The van der Waals surface area contributed by atoms with Crippen LogP contribution < -0.4 is 20.2 Å². The van der Waals surface area contributed by atoms with Crippen molar-refractivity contribution in [3.63, 3.8) is 0 Å². The molecular formula is C24H28N4O6. The molecule has 10 heteroatoms. The number of carbonyl (C=O) groups is 3. The van der Waals surface area contributed by atoms with Crippen LogP contribution in [0.2, 0.25) is 0 Å². The summed E-state index contributed by atoms with van der Waals surface area (Å²) in [6.45, 7) is 4.05. The molecule has 0 radical (unpaired) electrons. The highest BCUT2D eigenvalue weighted by atomic mass is 16.5. The van der Waals surface area contributed by atoms with Gasteiger partial charge in [-0.2, -0.15) is 5.10 Å². The number of hydrazone groups is 1. The third-order valence-electron chi connectivity index (χ3n) is 5.11. The molecule has 2 N–H and O–H groups in total. The largest absolute Gasteiger partial charge is 0.493 e. The number of benzene rings is 2. The van der Waals surface area contributed by atoms with Crippen LogP contribution in [0.4, 0.5) is 5.69 Å². The lowest BCUT2D eigenvalue weighted by Gasteiger charge is -2.26. The molecule has 0 saturated carbocycles. The number of carbonyl (C=O) groups excluding carboxylic acids is 3. The lowest BCUT2D eigenvalue weighted by atomic mass is 10.1. The lowest BCUT2D eigenvalue weighted by Crippen LogP contribution is -2.43. The third-order valence-corrected chi connectivity index (χ3v) is 5.11. The quantitative estimate of drug-likeness (QED) is 0.345. The minimum atomic E-state index is -0.899. The van der Waals surface area contributed by atoms with Gasteiger partial charge in [-0.1, -0.05) is 19.1 Å². The molecule has 2 aromatic rings. The number of ether oxygens (including phenoxy) is 3. The average molecular weight is 469 g/mol. The molecule has 0 atom stereocenters. The first-order valence-electron chi connectivity index (χ1n) is 10.9. The molecule has 0 aliphatic carbocycles. The number of anilines is 1. The highest BCUT2D eigenvalue weighted by molar-refractivity contribution is 6.39. The van der Waals surface area contributed by atoms with Gasteiger partial charge in [0.2, 0.25) is 0 Å². The fraction of sp³-hybridized carbons (Fsp3) is 0.333. The standard InChI is InChI=1S/C24H28N4O6/c1-3-17-4-7-19(8-5-17)26-23(30)24(31)27-25-15-18-6-9-20(21(14-18)32-2)34-16-22(29)28-10-12-33-13-11-28/h4-9,14-15H,3,10-13,16H2,1-2H3,(H,26,30)(H,27,31)/b25-15-. The number of aryl methyl sites for hydroxylation is 1. The van der Waals surface area contributed by atoms with E-state index < -0.39 is 11.8 Å². The third kappa shape index (κ3) is 7.04. The molecule has 10 nitrogen and oxygen atoms in total. The lowest BCUT2D eigenvalue weighted by molar-refractivity contribution is -0.137. The zero-order valence-electron chi connectivity index (χ0n) is 19.2. The Morgan fingerprint density at radius 2 is 1.79 bits per heavy atom. The summed E-state index contributed by atoms with van der Waals surface area (Å²) in [7, 11) is 1.48. The van der Waals surface area contributed by atoms with Crippen LogP contribution >= 0.6 is 0 Å². The highest BCUT2D eigenvalue weighted by Crippen LogP contribution is 2.27. The molecule has 1 heterocycles. The normalized spacial score (nSPS) is 13.4. The van der Waals surface area contributed by atoms with Crippen molar-refractivity contribution in [3.8, 4) is 11.5 Å². The molecule has 1 aliphatic heterocycles. The summed E-state index contributed by atoms with van der Waals surface area (Å²) in [4.78, 5) is 38.0. The van der Waals surface area contributed by atoms with Gasteiger partial charge < -0.3 is 24.4 Å². The highest BCUT2D eigenvalue weighted by Gasteiger charge is 2.18. The van der Waals surface area contributed by atoms with Crippen molar-refractivity contribution >= 4 is 29.6 Å². The Morgan fingerprint density at radius 1 is 1.06 bits per heavy atom. The summed E-state index contributed by atoms with van der Waals surface area (Å²) in [5, 5.41) is 6.33. The van der Waals surface area contributed by atoms with E-state index in [1.54, 1.807) is 35.2 Å². The fourth-order valence-electron chi connectivity index (χ4n) is 3.16. The second-order valence-corrected chi connectivity index (χ2v) is 7.40. The summed E-state index contributed by atoms with van der Waals surface area (Å²) in [6.07, 6.45) is 2.25. The number of morpholine rings is 1. The molecule has 0 aromatic heterocycles. The predicted molar refractivity (Wildman–Crippen MR) is 126 cm³/mol. The number of hydrogen-bond acceptors (Lipinski definition) is 7. The van der Waals surface area contributed by atoms with E-state index in [2.05, 4.69) is 15.8 Å². The molecule has 3 amide bonds. The van der Waals surface area contributed by atoms with Crippen LogP contribution in [0.15, 0.2) is 47.6 Å². The molecule has 1 aliphatic rings. The van der Waals surface area contributed by atoms with E-state index in [0.717, 1.165) is 12.0 Å².